The summed E-state index contributed by atoms with van der Waals surface area (Å²) in [6.45, 7) is 0.246. The average Bonchev–Trinajstić information content (AvgIpc) is 2.71. The zero-order valence-corrected chi connectivity index (χ0v) is 17.6. The highest BCUT2D eigenvalue weighted by Crippen LogP contribution is 2.23. The number of nitrogens with one attached hydrogen (secondary N) is 2. The van der Waals surface area contributed by atoms with Gasteiger partial charge in [-0.2, -0.15) is 0 Å². The van der Waals surface area contributed by atoms with Gasteiger partial charge in [0.05, 0.1) is 17.6 Å². The maximum absolute atomic E-state index is 13.4. The van der Waals surface area contributed by atoms with Crippen LogP contribution in [0.2, 0.25) is 0 Å². The third kappa shape index (κ3) is 5.66. The number of primary amides is 1. The molecule has 0 bridgehead atoms. The lowest BCUT2D eigenvalue weighted by molar-refractivity contribution is 0.0995. The summed E-state index contributed by atoms with van der Waals surface area (Å²) >= 11 is 0. The normalized spacial score (nSPS) is 11.1. The van der Waals surface area contributed by atoms with Crippen molar-refractivity contribution in [3.05, 3.63) is 71.7 Å². The maximum Gasteiger partial charge on any atom is 0.271 e. The first kappa shape index (κ1) is 22.0. The number of carbonyl (C=O) groups excluding carboxylic acids is 1. The second-order valence-corrected chi connectivity index (χ2v) is 8.76. The molecule has 0 aliphatic heterocycles. The predicted molar refractivity (Wildman–Crippen MR) is 117 cm³/mol. The molecule has 0 aliphatic carbocycles. The molecule has 3 aromatic rings. The molecule has 1 aromatic heterocycles. The van der Waals surface area contributed by atoms with E-state index in [1.165, 1.54) is 19.2 Å². The molecule has 0 saturated heterocycles. The van der Waals surface area contributed by atoms with Gasteiger partial charge in [0.15, 0.2) is 11.5 Å². The molecule has 11 heteroatoms. The molecular formula is C20H21FN6O3S. The Balaban J connectivity index is 1.79. The molecule has 9 nitrogen and oxygen atoms in total. The topological polar surface area (TPSA) is 130 Å². The summed E-state index contributed by atoms with van der Waals surface area (Å²) < 4.78 is 37.8. The molecule has 162 valence electrons. The van der Waals surface area contributed by atoms with Crippen LogP contribution in [0.15, 0.2) is 54.6 Å². The Hall–Kier alpha value is -3.73. The van der Waals surface area contributed by atoms with Gasteiger partial charge in [0, 0.05) is 25.3 Å². The van der Waals surface area contributed by atoms with E-state index < -0.39 is 15.9 Å². The van der Waals surface area contributed by atoms with E-state index in [9.17, 15) is 17.6 Å². The number of hydrogen-bond donors (Lipinski definition) is 3. The van der Waals surface area contributed by atoms with E-state index in [1.807, 2.05) is 0 Å². The van der Waals surface area contributed by atoms with Crippen LogP contribution in [0, 0.1) is 5.82 Å². The van der Waals surface area contributed by atoms with E-state index in [0.717, 1.165) is 10.6 Å². The van der Waals surface area contributed by atoms with Gasteiger partial charge in [0.2, 0.25) is 10.0 Å². The van der Waals surface area contributed by atoms with Crippen molar-refractivity contribution in [2.75, 3.05) is 28.2 Å². The zero-order valence-electron chi connectivity index (χ0n) is 16.8. The van der Waals surface area contributed by atoms with Crippen LogP contribution in [-0.4, -0.2) is 37.8 Å². The van der Waals surface area contributed by atoms with Gasteiger partial charge in [0.1, 0.15) is 5.82 Å². The maximum atomic E-state index is 13.4. The molecule has 0 atom stereocenters. The van der Waals surface area contributed by atoms with Crippen LogP contribution in [-0.2, 0) is 16.6 Å². The van der Waals surface area contributed by atoms with Gasteiger partial charge in [-0.15, -0.1) is 10.2 Å². The Labute approximate surface area is 179 Å². The van der Waals surface area contributed by atoms with Crippen molar-refractivity contribution in [3.8, 4) is 0 Å². The molecule has 31 heavy (non-hydrogen) atoms. The lowest BCUT2D eigenvalue weighted by atomic mass is 10.2. The first-order chi connectivity index (χ1) is 14.6. The van der Waals surface area contributed by atoms with Crippen molar-refractivity contribution in [3.63, 3.8) is 0 Å². The minimum absolute atomic E-state index is 0.0490. The fraction of sp³-hybridized carbons (Fsp3) is 0.150. The molecule has 0 unspecified atom stereocenters. The minimum Gasteiger partial charge on any atom is -0.379 e. The number of carbonyl (C=O) groups is 1. The SMILES string of the molecule is CN(c1ccc(Nc2cc(NCc3cccc(F)c3)c(C(N)=O)nn2)cc1)S(C)(=O)=O. The standard InChI is InChI=1S/C20H21FN6O3S/c1-27(31(2,29)30)16-8-6-15(7-9-16)24-18-11-17(19(20(22)28)26-25-18)23-12-13-4-3-5-14(21)10-13/h3-11H,12H2,1-2H3,(H2,22,28)(H2,23,24,25). The van der Waals surface area contributed by atoms with Gasteiger partial charge < -0.3 is 16.4 Å². The fourth-order valence-corrected chi connectivity index (χ4v) is 3.21. The summed E-state index contributed by atoms with van der Waals surface area (Å²) in [5.41, 5.74) is 7.46. The number of halogens is 1. The smallest absolute Gasteiger partial charge is 0.271 e. The Morgan fingerprint density at radius 3 is 2.45 bits per heavy atom. The van der Waals surface area contributed by atoms with Gasteiger partial charge in [-0.1, -0.05) is 12.1 Å². The van der Waals surface area contributed by atoms with Crippen molar-refractivity contribution in [1.82, 2.24) is 10.2 Å². The molecule has 2 aromatic carbocycles. The third-order valence-corrected chi connectivity index (χ3v) is 5.61. The van der Waals surface area contributed by atoms with Crippen LogP contribution in [0.5, 0.6) is 0 Å². The van der Waals surface area contributed by atoms with E-state index in [4.69, 9.17) is 5.73 Å². The highest BCUT2D eigenvalue weighted by Gasteiger charge is 2.14. The van der Waals surface area contributed by atoms with Crippen LogP contribution in [0.4, 0.5) is 27.3 Å². The van der Waals surface area contributed by atoms with Crippen molar-refractivity contribution in [1.29, 1.82) is 0 Å². The van der Waals surface area contributed by atoms with Crippen LogP contribution < -0.4 is 20.7 Å². The second kappa shape index (κ2) is 8.96. The molecule has 1 heterocycles. The van der Waals surface area contributed by atoms with E-state index >= 15 is 0 Å². The molecule has 0 radical (unpaired) electrons. The van der Waals surface area contributed by atoms with E-state index in [0.29, 0.717) is 28.4 Å². The number of nitrogens with zero attached hydrogens (tertiary/aromatic N) is 3. The molecule has 3 rings (SSSR count). The second-order valence-electron chi connectivity index (χ2n) is 6.74. The Kier molecular flexibility index (Phi) is 6.35. The first-order valence-electron chi connectivity index (χ1n) is 9.10. The van der Waals surface area contributed by atoms with E-state index in [-0.39, 0.29) is 18.1 Å². The summed E-state index contributed by atoms with van der Waals surface area (Å²) in [6, 6.07) is 14.2. The summed E-state index contributed by atoms with van der Waals surface area (Å²) in [4.78, 5) is 11.7. The monoisotopic (exact) mass is 444 g/mol. The fourth-order valence-electron chi connectivity index (χ4n) is 2.71. The number of amides is 1. The van der Waals surface area contributed by atoms with Crippen LogP contribution >= 0.6 is 0 Å². The lowest BCUT2D eigenvalue weighted by Crippen LogP contribution is -2.24. The van der Waals surface area contributed by atoms with Gasteiger partial charge in [-0.3, -0.25) is 9.10 Å². The minimum atomic E-state index is -3.36. The van der Waals surface area contributed by atoms with Crippen molar-refractivity contribution in [2.24, 2.45) is 5.73 Å². The number of anilines is 4. The molecular weight excluding hydrogens is 423 g/mol. The van der Waals surface area contributed by atoms with Gasteiger partial charge in [-0.25, -0.2) is 12.8 Å². The lowest BCUT2D eigenvalue weighted by Gasteiger charge is -2.17. The summed E-state index contributed by atoms with van der Waals surface area (Å²) in [5.74, 6) is -0.792. The Morgan fingerprint density at radius 2 is 1.84 bits per heavy atom. The average molecular weight is 444 g/mol. The molecule has 0 saturated carbocycles. The van der Waals surface area contributed by atoms with E-state index in [1.54, 1.807) is 42.5 Å². The Morgan fingerprint density at radius 1 is 1.13 bits per heavy atom. The quantitative estimate of drug-likeness (QED) is 0.486. The van der Waals surface area contributed by atoms with Gasteiger partial charge in [-0.05, 0) is 42.0 Å². The molecule has 1 amide bonds. The molecule has 4 N–H and O–H groups in total. The molecule has 0 spiro atoms. The molecule has 0 aliphatic rings. The number of aromatic nitrogens is 2. The number of sulfonamides is 1. The first-order valence-corrected chi connectivity index (χ1v) is 10.9. The summed E-state index contributed by atoms with van der Waals surface area (Å²) in [5, 5.41) is 13.9. The number of nitrogens with two attached hydrogens (primary N) is 1. The number of hydrogen-bond acceptors (Lipinski definition) is 7. The van der Waals surface area contributed by atoms with Crippen LogP contribution in [0.25, 0.3) is 0 Å². The van der Waals surface area contributed by atoms with Crippen molar-refractivity contribution in [2.45, 2.75) is 6.54 Å². The largest absolute Gasteiger partial charge is 0.379 e. The van der Waals surface area contributed by atoms with Gasteiger partial charge >= 0.3 is 0 Å². The predicted octanol–water partition coefficient (Wildman–Crippen LogP) is 2.47. The van der Waals surface area contributed by atoms with Crippen molar-refractivity contribution >= 4 is 38.8 Å². The van der Waals surface area contributed by atoms with Crippen LogP contribution in [0.3, 0.4) is 0 Å². The highest BCUT2D eigenvalue weighted by molar-refractivity contribution is 7.92. The van der Waals surface area contributed by atoms with Gasteiger partial charge in [0.25, 0.3) is 5.91 Å². The summed E-state index contributed by atoms with van der Waals surface area (Å²) in [6.07, 6.45) is 1.12. The Bertz CT molecular complexity index is 1200. The zero-order chi connectivity index (χ0) is 22.6. The number of benzene rings is 2. The number of rotatable bonds is 8. The third-order valence-electron chi connectivity index (χ3n) is 4.40. The highest BCUT2D eigenvalue weighted by atomic mass is 32.2. The van der Waals surface area contributed by atoms with Crippen molar-refractivity contribution < 1.29 is 17.6 Å². The molecule has 0 fully saturated rings. The van der Waals surface area contributed by atoms with E-state index in [2.05, 4.69) is 20.8 Å². The van der Waals surface area contributed by atoms with Crippen LogP contribution in [0.1, 0.15) is 16.1 Å². The summed E-state index contributed by atoms with van der Waals surface area (Å²) in [7, 11) is -1.90.